The van der Waals surface area contributed by atoms with Crippen LogP contribution < -0.4 is 0 Å². The van der Waals surface area contributed by atoms with Crippen LogP contribution in [0.25, 0.3) is 0 Å². The van der Waals surface area contributed by atoms with E-state index in [1.165, 1.54) is 0 Å². The van der Waals surface area contributed by atoms with Gasteiger partial charge in [0, 0.05) is 13.0 Å². The Hall–Kier alpha value is -1.76. The lowest BCUT2D eigenvalue weighted by Crippen LogP contribution is -2.18. The summed E-state index contributed by atoms with van der Waals surface area (Å²) in [5.41, 5.74) is 1.64. The smallest absolute Gasteiger partial charge is 0.226 e. The van der Waals surface area contributed by atoms with Crippen LogP contribution >= 0.6 is 0 Å². The van der Waals surface area contributed by atoms with Crippen LogP contribution in [0.1, 0.15) is 36.4 Å². The quantitative estimate of drug-likeness (QED) is 0.766. The zero-order valence-electron chi connectivity index (χ0n) is 10.9. The summed E-state index contributed by atoms with van der Waals surface area (Å²) in [4.78, 5) is 6.35. The molecule has 0 saturated heterocycles. The van der Waals surface area contributed by atoms with Crippen molar-refractivity contribution >= 4 is 0 Å². The zero-order valence-corrected chi connectivity index (χ0v) is 10.9. The average molecular weight is 251 g/mol. The molecule has 0 aliphatic heterocycles. The van der Waals surface area contributed by atoms with E-state index in [0.29, 0.717) is 24.8 Å². The highest BCUT2D eigenvalue weighted by Crippen LogP contribution is 2.07. The molecule has 2 aromatic heterocycles. The van der Waals surface area contributed by atoms with Gasteiger partial charge in [0.1, 0.15) is 11.4 Å². The van der Waals surface area contributed by atoms with Crippen molar-refractivity contribution in [2.24, 2.45) is 0 Å². The Labute approximate surface area is 105 Å². The Kier molecular flexibility index (Phi) is 4.03. The predicted molar refractivity (Wildman–Crippen MR) is 62.5 cm³/mol. The van der Waals surface area contributed by atoms with Crippen LogP contribution in [0.3, 0.4) is 0 Å². The Balaban J connectivity index is 1.90. The van der Waals surface area contributed by atoms with Crippen molar-refractivity contribution in [3.8, 4) is 0 Å². The van der Waals surface area contributed by atoms with Gasteiger partial charge in [-0.05, 0) is 20.4 Å². The van der Waals surface area contributed by atoms with Gasteiger partial charge in [0.2, 0.25) is 5.89 Å². The van der Waals surface area contributed by atoms with E-state index in [2.05, 4.69) is 32.0 Å². The maximum Gasteiger partial charge on any atom is 0.226 e. The minimum atomic E-state index is 0.611. The third kappa shape index (κ3) is 3.13. The third-order valence-corrected chi connectivity index (χ3v) is 2.55. The summed E-state index contributed by atoms with van der Waals surface area (Å²) in [6.45, 7) is 5.20. The van der Waals surface area contributed by atoms with Crippen LogP contribution in [0, 0.1) is 6.92 Å². The van der Waals surface area contributed by atoms with Crippen molar-refractivity contribution in [2.45, 2.75) is 39.8 Å². The minimum absolute atomic E-state index is 0.611. The highest BCUT2D eigenvalue weighted by Gasteiger charge is 2.12. The van der Waals surface area contributed by atoms with Crippen molar-refractivity contribution in [3.05, 3.63) is 23.1 Å². The van der Waals surface area contributed by atoms with E-state index in [-0.39, 0.29) is 0 Å². The lowest BCUT2D eigenvalue weighted by Gasteiger charge is -2.11. The second kappa shape index (κ2) is 5.72. The lowest BCUT2D eigenvalue weighted by atomic mass is 10.3. The maximum absolute atomic E-state index is 5.13. The van der Waals surface area contributed by atoms with Crippen LogP contribution in [0.5, 0.6) is 0 Å². The molecule has 7 heteroatoms. The number of rotatable bonds is 6. The largest absolute Gasteiger partial charge is 0.339 e. The molecule has 0 atom stereocenters. The average Bonchev–Trinajstić information content (AvgIpc) is 2.90. The zero-order chi connectivity index (χ0) is 13.0. The molecule has 7 nitrogen and oxygen atoms in total. The number of aryl methyl sites for hydroxylation is 2. The van der Waals surface area contributed by atoms with E-state index in [1.54, 1.807) is 0 Å². The summed E-state index contributed by atoms with van der Waals surface area (Å²) in [6, 6.07) is 0. The van der Waals surface area contributed by atoms with Crippen LogP contribution in [0.15, 0.2) is 9.15 Å². The minimum Gasteiger partial charge on any atom is -0.339 e. The van der Waals surface area contributed by atoms with E-state index >= 15 is 0 Å². The molecule has 0 aromatic carbocycles. The van der Waals surface area contributed by atoms with Gasteiger partial charge >= 0.3 is 0 Å². The van der Waals surface area contributed by atoms with Crippen molar-refractivity contribution < 1.29 is 9.15 Å². The van der Waals surface area contributed by atoms with Gasteiger partial charge in [-0.25, -0.2) is 4.63 Å². The lowest BCUT2D eigenvalue weighted by molar-refractivity contribution is 0.273. The Morgan fingerprint density at radius 3 is 2.67 bits per heavy atom. The molecule has 98 valence electrons. The van der Waals surface area contributed by atoms with E-state index in [1.807, 2.05) is 18.9 Å². The van der Waals surface area contributed by atoms with Gasteiger partial charge in [-0.1, -0.05) is 22.4 Å². The molecule has 0 aliphatic rings. The molecule has 0 aliphatic carbocycles. The molecule has 0 spiro atoms. The van der Waals surface area contributed by atoms with Gasteiger partial charge in [-0.15, -0.1) is 0 Å². The molecule has 2 heterocycles. The highest BCUT2D eigenvalue weighted by molar-refractivity contribution is 5.04. The van der Waals surface area contributed by atoms with E-state index in [0.717, 1.165) is 24.2 Å². The summed E-state index contributed by atoms with van der Waals surface area (Å²) < 4.78 is 9.79. The highest BCUT2D eigenvalue weighted by atomic mass is 16.6. The van der Waals surface area contributed by atoms with E-state index in [4.69, 9.17) is 4.52 Å². The summed E-state index contributed by atoms with van der Waals surface area (Å²) >= 11 is 0. The second-order valence-electron chi connectivity index (χ2n) is 4.32. The number of nitrogens with zero attached hydrogens (tertiary/aromatic N) is 5. The normalized spacial score (nSPS) is 11.3. The first-order chi connectivity index (χ1) is 8.69. The first kappa shape index (κ1) is 12.7. The Morgan fingerprint density at radius 1 is 1.17 bits per heavy atom. The molecule has 18 heavy (non-hydrogen) atoms. The van der Waals surface area contributed by atoms with Gasteiger partial charge in [0.15, 0.2) is 5.82 Å². The molecule has 0 unspecified atom stereocenters. The number of aromatic nitrogens is 4. The van der Waals surface area contributed by atoms with Crippen molar-refractivity contribution in [1.29, 1.82) is 0 Å². The van der Waals surface area contributed by atoms with E-state index < -0.39 is 0 Å². The van der Waals surface area contributed by atoms with Crippen LogP contribution in [0.2, 0.25) is 0 Å². The first-order valence-corrected chi connectivity index (χ1v) is 5.97. The van der Waals surface area contributed by atoms with Crippen molar-refractivity contribution in [1.82, 2.24) is 25.4 Å². The SMILES string of the molecule is CCCc1nc(CN(C)Cc2nonc2C)no1. The van der Waals surface area contributed by atoms with E-state index in [9.17, 15) is 0 Å². The molecule has 0 bridgehead atoms. The molecular formula is C11H17N5O2. The Morgan fingerprint density at radius 2 is 2.00 bits per heavy atom. The molecular weight excluding hydrogens is 234 g/mol. The molecule has 0 fully saturated rings. The molecule has 2 aromatic rings. The van der Waals surface area contributed by atoms with Gasteiger partial charge in [0.25, 0.3) is 0 Å². The summed E-state index contributed by atoms with van der Waals surface area (Å²) in [7, 11) is 1.96. The second-order valence-corrected chi connectivity index (χ2v) is 4.32. The number of hydrogen-bond donors (Lipinski definition) is 0. The maximum atomic E-state index is 5.13. The fourth-order valence-corrected chi connectivity index (χ4v) is 1.62. The fourth-order valence-electron chi connectivity index (χ4n) is 1.62. The van der Waals surface area contributed by atoms with Crippen LogP contribution in [-0.4, -0.2) is 32.4 Å². The fraction of sp³-hybridized carbons (Fsp3) is 0.636. The molecule has 0 saturated carbocycles. The molecule has 0 N–H and O–H groups in total. The third-order valence-electron chi connectivity index (χ3n) is 2.55. The van der Waals surface area contributed by atoms with Crippen LogP contribution in [0.4, 0.5) is 0 Å². The van der Waals surface area contributed by atoms with Crippen molar-refractivity contribution in [3.63, 3.8) is 0 Å². The predicted octanol–water partition coefficient (Wildman–Crippen LogP) is 1.35. The standard InChI is InChI=1S/C11H17N5O2/c1-4-5-11-12-10(15-17-11)7-16(3)6-9-8(2)13-18-14-9/h4-7H2,1-3H3. The van der Waals surface area contributed by atoms with Gasteiger partial charge in [-0.3, -0.25) is 4.90 Å². The molecule has 0 amide bonds. The van der Waals surface area contributed by atoms with Crippen molar-refractivity contribution in [2.75, 3.05) is 7.05 Å². The molecule has 2 rings (SSSR count). The van der Waals surface area contributed by atoms with Gasteiger partial charge < -0.3 is 4.52 Å². The van der Waals surface area contributed by atoms with Gasteiger partial charge in [-0.2, -0.15) is 4.98 Å². The first-order valence-electron chi connectivity index (χ1n) is 5.97. The summed E-state index contributed by atoms with van der Waals surface area (Å²) in [5.74, 6) is 1.38. The number of hydrogen-bond acceptors (Lipinski definition) is 7. The summed E-state index contributed by atoms with van der Waals surface area (Å²) in [5, 5.41) is 11.5. The Bertz CT molecular complexity index is 493. The molecule has 0 radical (unpaired) electrons. The van der Waals surface area contributed by atoms with Crippen LogP contribution in [-0.2, 0) is 19.5 Å². The summed E-state index contributed by atoms with van der Waals surface area (Å²) in [6.07, 6.45) is 1.82. The monoisotopic (exact) mass is 251 g/mol. The topological polar surface area (TPSA) is 81.1 Å². The van der Waals surface area contributed by atoms with Gasteiger partial charge in [0.05, 0.1) is 6.54 Å².